The number of halogens is 1. The van der Waals surface area contributed by atoms with E-state index in [-0.39, 0.29) is 5.91 Å². The summed E-state index contributed by atoms with van der Waals surface area (Å²) in [4.78, 5) is 14.6. The van der Waals surface area contributed by atoms with Crippen LogP contribution in [0.5, 0.6) is 11.5 Å². The maximum absolute atomic E-state index is 13.5. The summed E-state index contributed by atoms with van der Waals surface area (Å²) in [5.41, 5.74) is 1.21. The Morgan fingerprint density at radius 3 is 2.74 bits per heavy atom. The van der Waals surface area contributed by atoms with Crippen LogP contribution in [0, 0.1) is 5.82 Å². The molecule has 1 fully saturated rings. The molecule has 2 aromatic carbocycles. The molecule has 140 valence electrons. The lowest BCUT2D eigenvalue weighted by Gasteiger charge is -2.14. The number of ether oxygens (including phenoxy) is 2. The Balaban J connectivity index is 1.87. The van der Waals surface area contributed by atoms with Gasteiger partial charge in [-0.15, -0.1) is 0 Å². The zero-order valence-electron chi connectivity index (χ0n) is 14.9. The van der Waals surface area contributed by atoms with Crippen LogP contribution in [0.15, 0.2) is 47.4 Å². The fourth-order valence-electron chi connectivity index (χ4n) is 2.56. The highest BCUT2D eigenvalue weighted by Crippen LogP contribution is 2.37. The number of amides is 1. The van der Waals surface area contributed by atoms with E-state index in [0.717, 1.165) is 12.0 Å². The predicted octanol–water partition coefficient (Wildman–Crippen LogP) is 5.03. The van der Waals surface area contributed by atoms with Crippen molar-refractivity contribution in [3.05, 3.63) is 58.8 Å². The van der Waals surface area contributed by atoms with Crippen LogP contribution >= 0.6 is 24.0 Å². The third-order valence-electron chi connectivity index (χ3n) is 3.81. The van der Waals surface area contributed by atoms with Gasteiger partial charge in [0.1, 0.15) is 5.82 Å². The Hall–Kier alpha value is -2.38. The van der Waals surface area contributed by atoms with Crippen LogP contribution in [-0.2, 0) is 4.79 Å². The molecule has 1 saturated heterocycles. The first-order valence-electron chi connectivity index (χ1n) is 8.38. The second-order valence-electron chi connectivity index (χ2n) is 5.76. The largest absolute Gasteiger partial charge is 0.493 e. The molecule has 1 amide bonds. The minimum atomic E-state index is -0.419. The molecule has 0 unspecified atom stereocenters. The standard InChI is InChI=1S/C20H18FNO3S2/c1-3-9-25-16-8-7-13(10-17(16)24-2)11-18-19(23)22(20(26)27-18)15-6-4-5-14(21)12-15/h4-8,10-12H,3,9H2,1-2H3/b18-11+. The van der Waals surface area contributed by atoms with Gasteiger partial charge in [0.05, 0.1) is 24.3 Å². The zero-order valence-corrected chi connectivity index (χ0v) is 16.5. The molecule has 1 heterocycles. The van der Waals surface area contributed by atoms with Crippen molar-refractivity contribution >= 4 is 46.0 Å². The molecule has 0 saturated carbocycles. The monoisotopic (exact) mass is 403 g/mol. The first kappa shape index (κ1) is 19.4. The highest BCUT2D eigenvalue weighted by Gasteiger charge is 2.33. The number of nitrogens with zero attached hydrogens (tertiary/aromatic N) is 1. The van der Waals surface area contributed by atoms with Gasteiger partial charge in [-0.25, -0.2) is 4.39 Å². The average molecular weight is 404 g/mol. The number of thiocarbonyl (C=S) groups is 1. The van der Waals surface area contributed by atoms with Gasteiger partial charge in [-0.2, -0.15) is 0 Å². The van der Waals surface area contributed by atoms with E-state index >= 15 is 0 Å². The van der Waals surface area contributed by atoms with E-state index in [4.69, 9.17) is 21.7 Å². The molecule has 0 aromatic heterocycles. The maximum Gasteiger partial charge on any atom is 0.270 e. The quantitative estimate of drug-likeness (QED) is 0.500. The number of anilines is 1. The molecule has 7 heteroatoms. The number of hydrogen-bond donors (Lipinski definition) is 0. The summed E-state index contributed by atoms with van der Waals surface area (Å²) in [5.74, 6) is 0.556. The van der Waals surface area contributed by atoms with Crippen molar-refractivity contribution in [3.63, 3.8) is 0 Å². The van der Waals surface area contributed by atoms with Crippen LogP contribution in [0.4, 0.5) is 10.1 Å². The lowest BCUT2D eigenvalue weighted by molar-refractivity contribution is -0.113. The van der Waals surface area contributed by atoms with E-state index in [1.54, 1.807) is 31.4 Å². The molecule has 0 radical (unpaired) electrons. The van der Waals surface area contributed by atoms with Crippen LogP contribution in [0.2, 0.25) is 0 Å². The fourth-order valence-corrected chi connectivity index (χ4v) is 3.86. The third-order valence-corrected chi connectivity index (χ3v) is 5.11. The predicted molar refractivity (Wildman–Crippen MR) is 111 cm³/mol. The van der Waals surface area contributed by atoms with Crippen molar-refractivity contribution in [3.8, 4) is 11.5 Å². The number of rotatable bonds is 6. The van der Waals surface area contributed by atoms with Crippen LogP contribution in [-0.4, -0.2) is 23.9 Å². The molecule has 0 aliphatic carbocycles. The molecule has 0 atom stereocenters. The van der Waals surface area contributed by atoms with E-state index in [9.17, 15) is 9.18 Å². The van der Waals surface area contributed by atoms with Crippen molar-refractivity contribution in [1.29, 1.82) is 0 Å². The van der Waals surface area contributed by atoms with Gasteiger partial charge in [0, 0.05) is 0 Å². The maximum atomic E-state index is 13.5. The third kappa shape index (κ3) is 4.31. The summed E-state index contributed by atoms with van der Waals surface area (Å²) < 4.78 is 24.9. The van der Waals surface area contributed by atoms with Crippen molar-refractivity contribution in [1.82, 2.24) is 0 Å². The Labute approximate surface area is 167 Å². The normalized spacial score (nSPS) is 15.5. The molecule has 3 rings (SSSR count). The van der Waals surface area contributed by atoms with Gasteiger partial charge in [-0.05, 0) is 48.4 Å². The van der Waals surface area contributed by atoms with E-state index in [1.165, 1.54) is 28.8 Å². The van der Waals surface area contributed by atoms with E-state index in [0.29, 0.717) is 33.0 Å². The second-order valence-corrected chi connectivity index (χ2v) is 7.43. The molecular weight excluding hydrogens is 385 g/mol. The minimum absolute atomic E-state index is 0.277. The Bertz CT molecular complexity index is 914. The van der Waals surface area contributed by atoms with Crippen molar-refractivity contribution in [2.45, 2.75) is 13.3 Å². The topological polar surface area (TPSA) is 38.8 Å². The van der Waals surface area contributed by atoms with Crippen LogP contribution in [0.3, 0.4) is 0 Å². The van der Waals surface area contributed by atoms with E-state index < -0.39 is 5.82 Å². The summed E-state index contributed by atoms with van der Waals surface area (Å²) in [5, 5.41) is 0. The summed E-state index contributed by atoms with van der Waals surface area (Å²) in [6.45, 7) is 2.63. The number of carbonyl (C=O) groups is 1. The SMILES string of the molecule is CCCOc1ccc(/C=C2/SC(=S)N(c3cccc(F)c3)C2=O)cc1OC. The fraction of sp³-hybridized carbons (Fsp3) is 0.200. The molecule has 1 aliphatic rings. The number of benzene rings is 2. The highest BCUT2D eigenvalue weighted by molar-refractivity contribution is 8.27. The molecule has 27 heavy (non-hydrogen) atoms. The second kappa shape index (κ2) is 8.54. The van der Waals surface area contributed by atoms with Crippen LogP contribution < -0.4 is 14.4 Å². The van der Waals surface area contributed by atoms with E-state index in [2.05, 4.69) is 0 Å². The zero-order chi connectivity index (χ0) is 19.4. The summed E-state index contributed by atoms with van der Waals surface area (Å²) in [6.07, 6.45) is 2.64. The minimum Gasteiger partial charge on any atom is -0.493 e. The number of methoxy groups -OCH3 is 1. The Morgan fingerprint density at radius 2 is 2.04 bits per heavy atom. The van der Waals surface area contributed by atoms with E-state index in [1.807, 2.05) is 19.1 Å². The Kier molecular flexibility index (Phi) is 6.13. The summed E-state index contributed by atoms with van der Waals surface area (Å²) >= 11 is 6.50. The molecule has 1 aliphatic heterocycles. The molecule has 2 aromatic rings. The van der Waals surface area contributed by atoms with Crippen LogP contribution in [0.1, 0.15) is 18.9 Å². The summed E-state index contributed by atoms with van der Waals surface area (Å²) in [6, 6.07) is 11.3. The Morgan fingerprint density at radius 1 is 1.22 bits per heavy atom. The lowest BCUT2D eigenvalue weighted by Crippen LogP contribution is -2.27. The van der Waals surface area contributed by atoms with Gasteiger partial charge >= 0.3 is 0 Å². The van der Waals surface area contributed by atoms with Crippen molar-refractivity contribution in [2.24, 2.45) is 0 Å². The molecule has 0 bridgehead atoms. The molecule has 4 nitrogen and oxygen atoms in total. The van der Waals surface area contributed by atoms with Crippen molar-refractivity contribution in [2.75, 3.05) is 18.6 Å². The van der Waals surface area contributed by atoms with Gasteiger partial charge in [0.2, 0.25) is 0 Å². The molecule has 0 N–H and O–H groups in total. The lowest BCUT2D eigenvalue weighted by atomic mass is 10.1. The molecule has 0 spiro atoms. The smallest absolute Gasteiger partial charge is 0.270 e. The van der Waals surface area contributed by atoms with Crippen LogP contribution in [0.25, 0.3) is 6.08 Å². The average Bonchev–Trinajstić information content (AvgIpc) is 2.93. The molecular formula is C20H18FNO3S2. The van der Waals surface area contributed by atoms with Gasteiger partial charge in [-0.1, -0.05) is 43.0 Å². The summed E-state index contributed by atoms with van der Waals surface area (Å²) in [7, 11) is 1.57. The van der Waals surface area contributed by atoms with Gasteiger partial charge < -0.3 is 9.47 Å². The number of thioether (sulfide) groups is 1. The first-order chi connectivity index (χ1) is 13.0. The number of carbonyl (C=O) groups excluding carboxylic acids is 1. The number of hydrogen-bond acceptors (Lipinski definition) is 5. The highest BCUT2D eigenvalue weighted by atomic mass is 32.2. The first-order valence-corrected chi connectivity index (χ1v) is 9.60. The van der Waals surface area contributed by atoms with Crippen molar-refractivity contribution < 1.29 is 18.7 Å². The van der Waals surface area contributed by atoms with Gasteiger partial charge in [-0.3, -0.25) is 9.69 Å². The van der Waals surface area contributed by atoms with Gasteiger partial charge in [0.15, 0.2) is 15.8 Å². The van der Waals surface area contributed by atoms with Gasteiger partial charge in [0.25, 0.3) is 5.91 Å².